The molecule has 0 heterocycles. The zero-order chi connectivity index (χ0) is 18.9. The summed E-state index contributed by atoms with van der Waals surface area (Å²) in [4.78, 5) is 22.8. The second kappa shape index (κ2) is 10.3. The molecule has 1 amide bonds. The highest BCUT2D eigenvalue weighted by Gasteiger charge is 2.22. The largest absolute Gasteiger partial charge is 0.360 e. The van der Waals surface area contributed by atoms with Crippen molar-refractivity contribution >= 4 is 34.7 Å². The highest BCUT2D eigenvalue weighted by molar-refractivity contribution is 7.80. The third-order valence-corrected chi connectivity index (χ3v) is 4.97. The number of Topliss-reactive ketones (excluding diaryl/α,β-unsaturated/α-hetero) is 1. The van der Waals surface area contributed by atoms with Crippen LogP contribution in [-0.4, -0.2) is 28.9 Å². The first kappa shape index (κ1) is 20.4. The lowest BCUT2D eigenvalue weighted by molar-refractivity contribution is -0.125. The van der Waals surface area contributed by atoms with Gasteiger partial charge in [-0.25, -0.2) is 0 Å². The van der Waals surface area contributed by atoms with E-state index in [1.54, 1.807) is 0 Å². The maximum atomic E-state index is 11.8. The number of thiocarbonyl (C=S) groups is 1. The van der Waals surface area contributed by atoms with Crippen LogP contribution in [0.1, 0.15) is 57.9 Å². The van der Waals surface area contributed by atoms with Crippen molar-refractivity contribution in [1.29, 1.82) is 0 Å². The first-order valence-corrected chi connectivity index (χ1v) is 9.82. The molecule has 6 heteroatoms. The summed E-state index contributed by atoms with van der Waals surface area (Å²) in [5.41, 5.74) is 2.30. The first-order chi connectivity index (χ1) is 12.5. The summed E-state index contributed by atoms with van der Waals surface area (Å²) >= 11 is 5.41. The Balaban J connectivity index is 1.68. The second-order valence-electron chi connectivity index (χ2n) is 6.97. The number of rotatable bonds is 7. The third kappa shape index (κ3) is 7.12. The molecule has 0 aromatic heterocycles. The van der Waals surface area contributed by atoms with Gasteiger partial charge in [0.2, 0.25) is 5.91 Å². The Kier molecular flexibility index (Phi) is 8.04. The lowest BCUT2D eigenvalue weighted by Crippen LogP contribution is -2.44. The van der Waals surface area contributed by atoms with Gasteiger partial charge in [-0.05, 0) is 68.9 Å². The van der Waals surface area contributed by atoms with Gasteiger partial charge >= 0.3 is 0 Å². The molecule has 1 aliphatic rings. The lowest BCUT2D eigenvalue weighted by atomic mass is 9.91. The van der Waals surface area contributed by atoms with Crippen LogP contribution >= 0.6 is 12.2 Å². The molecule has 26 heavy (non-hydrogen) atoms. The molecule has 0 aliphatic heterocycles. The standard InChI is InChI=1S/C20H29N3O2S/c1-3-15-5-7-17(8-6-15)22-20(26)23-18-11-9-16(10-12-18)21-19(25)13-4-14(2)24/h5-8,16,18H,3-4,9-13H2,1-2H3,(H,21,25)(H2,22,23,26). The van der Waals surface area contributed by atoms with Gasteiger partial charge in [0.05, 0.1) is 0 Å². The van der Waals surface area contributed by atoms with Gasteiger partial charge in [-0.1, -0.05) is 19.1 Å². The van der Waals surface area contributed by atoms with E-state index in [9.17, 15) is 9.59 Å². The molecule has 0 bridgehead atoms. The summed E-state index contributed by atoms with van der Waals surface area (Å²) in [5.74, 6) is 0.0303. The fourth-order valence-electron chi connectivity index (χ4n) is 3.15. The van der Waals surface area contributed by atoms with Crippen LogP contribution in [0.15, 0.2) is 24.3 Å². The predicted molar refractivity (Wildman–Crippen MR) is 109 cm³/mol. The molecule has 5 nitrogen and oxygen atoms in total. The van der Waals surface area contributed by atoms with Gasteiger partial charge in [0.25, 0.3) is 0 Å². The zero-order valence-corrected chi connectivity index (χ0v) is 16.5. The van der Waals surface area contributed by atoms with Crippen LogP contribution in [0.2, 0.25) is 0 Å². The van der Waals surface area contributed by atoms with Gasteiger partial charge in [0.1, 0.15) is 5.78 Å². The normalized spacial score (nSPS) is 19.5. The monoisotopic (exact) mass is 375 g/mol. The minimum Gasteiger partial charge on any atom is -0.360 e. The van der Waals surface area contributed by atoms with E-state index in [2.05, 4.69) is 35.0 Å². The van der Waals surface area contributed by atoms with Crippen LogP contribution in [0.25, 0.3) is 0 Å². The molecule has 1 fully saturated rings. The Morgan fingerprint density at radius 3 is 2.12 bits per heavy atom. The van der Waals surface area contributed by atoms with Gasteiger partial charge in [0.15, 0.2) is 5.11 Å². The van der Waals surface area contributed by atoms with Crippen molar-refractivity contribution in [3.05, 3.63) is 29.8 Å². The Labute approximate surface area is 161 Å². The summed E-state index contributed by atoms with van der Waals surface area (Å²) in [6, 6.07) is 8.82. The summed E-state index contributed by atoms with van der Waals surface area (Å²) in [6.07, 6.45) is 5.43. The number of benzene rings is 1. The van der Waals surface area contributed by atoms with Crippen LogP contribution in [-0.2, 0) is 16.0 Å². The number of carbonyl (C=O) groups is 2. The molecule has 3 N–H and O–H groups in total. The average molecular weight is 376 g/mol. The topological polar surface area (TPSA) is 70.2 Å². The quantitative estimate of drug-likeness (QED) is 0.638. The molecule has 1 aromatic rings. The van der Waals surface area contributed by atoms with E-state index >= 15 is 0 Å². The van der Waals surface area contributed by atoms with Crippen LogP contribution in [0.5, 0.6) is 0 Å². The van der Waals surface area contributed by atoms with Gasteiger partial charge in [-0.3, -0.25) is 4.79 Å². The van der Waals surface area contributed by atoms with Crippen LogP contribution in [0.3, 0.4) is 0 Å². The molecular formula is C20H29N3O2S. The zero-order valence-electron chi connectivity index (χ0n) is 15.6. The smallest absolute Gasteiger partial charge is 0.220 e. The van der Waals surface area contributed by atoms with Crippen molar-refractivity contribution in [2.24, 2.45) is 0 Å². The van der Waals surface area contributed by atoms with E-state index in [1.165, 1.54) is 12.5 Å². The number of carbonyl (C=O) groups excluding carboxylic acids is 2. The SMILES string of the molecule is CCc1ccc(NC(=S)NC2CCC(NC(=O)CCC(C)=O)CC2)cc1. The molecule has 0 atom stereocenters. The van der Waals surface area contributed by atoms with E-state index in [-0.39, 0.29) is 17.7 Å². The molecule has 2 rings (SSSR count). The average Bonchev–Trinajstić information content (AvgIpc) is 2.62. The van der Waals surface area contributed by atoms with E-state index < -0.39 is 0 Å². The Hall–Kier alpha value is -1.95. The number of aryl methyl sites for hydroxylation is 1. The van der Waals surface area contributed by atoms with Crippen molar-refractivity contribution in [2.75, 3.05) is 5.32 Å². The number of hydrogen-bond acceptors (Lipinski definition) is 3. The van der Waals surface area contributed by atoms with Gasteiger partial charge in [-0.15, -0.1) is 0 Å². The van der Waals surface area contributed by atoms with Crippen molar-refractivity contribution in [2.45, 2.75) is 70.9 Å². The van der Waals surface area contributed by atoms with Gasteiger partial charge < -0.3 is 20.7 Å². The first-order valence-electron chi connectivity index (χ1n) is 9.41. The van der Waals surface area contributed by atoms with E-state index in [1.807, 2.05) is 12.1 Å². The molecule has 0 saturated heterocycles. The number of anilines is 1. The molecular weight excluding hydrogens is 346 g/mol. The highest BCUT2D eigenvalue weighted by atomic mass is 32.1. The summed E-state index contributed by atoms with van der Waals surface area (Å²) in [5, 5.41) is 10.3. The number of ketones is 1. The molecule has 1 aromatic carbocycles. The fourth-order valence-corrected chi connectivity index (χ4v) is 3.43. The molecule has 142 valence electrons. The van der Waals surface area contributed by atoms with Crippen molar-refractivity contribution < 1.29 is 9.59 Å². The summed E-state index contributed by atoms with van der Waals surface area (Å²) in [6.45, 7) is 3.65. The molecule has 0 unspecified atom stereocenters. The number of nitrogens with one attached hydrogen (secondary N) is 3. The second-order valence-corrected chi connectivity index (χ2v) is 7.38. The van der Waals surface area contributed by atoms with E-state index in [0.29, 0.717) is 24.0 Å². The van der Waals surface area contributed by atoms with Crippen LogP contribution in [0.4, 0.5) is 5.69 Å². The molecule has 0 radical (unpaired) electrons. The minimum atomic E-state index is -0.0238. The maximum Gasteiger partial charge on any atom is 0.220 e. The number of hydrogen-bond donors (Lipinski definition) is 3. The fraction of sp³-hybridized carbons (Fsp3) is 0.550. The Morgan fingerprint density at radius 1 is 1.00 bits per heavy atom. The van der Waals surface area contributed by atoms with E-state index in [0.717, 1.165) is 37.8 Å². The predicted octanol–water partition coefficient (Wildman–Crippen LogP) is 3.33. The highest BCUT2D eigenvalue weighted by Crippen LogP contribution is 2.19. The summed E-state index contributed by atoms with van der Waals surface area (Å²) in [7, 11) is 0. The van der Waals surface area contributed by atoms with Gasteiger partial charge in [0, 0.05) is 30.6 Å². The maximum absolute atomic E-state index is 11.8. The number of amides is 1. The van der Waals surface area contributed by atoms with Crippen molar-refractivity contribution in [3.63, 3.8) is 0 Å². The Bertz CT molecular complexity index is 622. The molecule has 0 spiro atoms. The van der Waals surface area contributed by atoms with Crippen LogP contribution < -0.4 is 16.0 Å². The third-order valence-electron chi connectivity index (χ3n) is 4.75. The Morgan fingerprint density at radius 2 is 1.58 bits per heavy atom. The van der Waals surface area contributed by atoms with E-state index in [4.69, 9.17) is 12.2 Å². The molecule has 1 saturated carbocycles. The minimum absolute atomic E-state index is 0.0238. The lowest BCUT2D eigenvalue weighted by Gasteiger charge is -2.30. The molecule has 1 aliphatic carbocycles. The van der Waals surface area contributed by atoms with Gasteiger partial charge in [-0.2, -0.15) is 0 Å². The van der Waals surface area contributed by atoms with Crippen molar-refractivity contribution in [3.8, 4) is 0 Å². The van der Waals surface area contributed by atoms with Crippen LogP contribution in [0, 0.1) is 0 Å². The van der Waals surface area contributed by atoms with Crippen molar-refractivity contribution in [1.82, 2.24) is 10.6 Å². The summed E-state index contributed by atoms with van der Waals surface area (Å²) < 4.78 is 0.